The lowest BCUT2D eigenvalue weighted by Gasteiger charge is -2.24. The van der Waals surface area contributed by atoms with E-state index in [1.165, 1.54) is 6.07 Å². The van der Waals surface area contributed by atoms with Crippen molar-refractivity contribution in [2.24, 2.45) is 5.90 Å². The Hall–Kier alpha value is -0.450. The maximum Gasteiger partial charge on any atom is 0.127 e. The van der Waals surface area contributed by atoms with Crippen molar-refractivity contribution in [3.05, 3.63) is 34.1 Å². The van der Waals surface area contributed by atoms with Crippen molar-refractivity contribution in [2.45, 2.75) is 19.3 Å². The summed E-state index contributed by atoms with van der Waals surface area (Å²) in [5.41, 5.74) is 0.167. The number of benzene rings is 1. The van der Waals surface area contributed by atoms with Crippen LogP contribution in [0.4, 0.5) is 4.39 Å². The van der Waals surface area contributed by atoms with Gasteiger partial charge in [-0.25, -0.2) is 10.3 Å². The summed E-state index contributed by atoms with van der Waals surface area (Å²) in [5, 5.41) is 0. The van der Waals surface area contributed by atoms with Crippen molar-refractivity contribution < 1.29 is 9.23 Å². The van der Waals surface area contributed by atoms with Crippen LogP contribution in [0.2, 0.25) is 0 Å². The first kappa shape index (κ1) is 11.6. The molecule has 0 aromatic heterocycles. The van der Waals surface area contributed by atoms with Crippen LogP contribution in [0.25, 0.3) is 0 Å². The van der Waals surface area contributed by atoms with Crippen LogP contribution in [0, 0.1) is 5.82 Å². The van der Waals surface area contributed by atoms with E-state index in [9.17, 15) is 4.39 Å². The van der Waals surface area contributed by atoms with Crippen molar-refractivity contribution in [2.75, 3.05) is 6.61 Å². The fourth-order valence-corrected chi connectivity index (χ4v) is 1.66. The van der Waals surface area contributed by atoms with Gasteiger partial charge in [0.1, 0.15) is 5.82 Å². The highest BCUT2D eigenvalue weighted by Gasteiger charge is 2.24. The second-order valence-corrected chi connectivity index (χ2v) is 4.73. The Morgan fingerprint density at radius 1 is 1.50 bits per heavy atom. The van der Waals surface area contributed by atoms with Gasteiger partial charge in [-0.1, -0.05) is 29.8 Å². The van der Waals surface area contributed by atoms with Crippen LogP contribution in [0.15, 0.2) is 22.7 Å². The third kappa shape index (κ3) is 2.53. The van der Waals surface area contributed by atoms with Gasteiger partial charge in [0.2, 0.25) is 0 Å². The number of nitrogens with two attached hydrogens (primary N) is 1. The van der Waals surface area contributed by atoms with Gasteiger partial charge in [0, 0.05) is 9.89 Å². The maximum absolute atomic E-state index is 13.5. The fourth-order valence-electron chi connectivity index (χ4n) is 1.30. The molecule has 2 N–H and O–H groups in total. The summed E-state index contributed by atoms with van der Waals surface area (Å²) in [7, 11) is 0. The van der Waals surface area contributed by atoms with E-state index in [0.29, 0.717) is 5.56 Å². The third-order valence-electron chi connectivity index (χ3n) is 2.10. The summed E-state index contributed by atoms with van der Waals surface area (Å²) < 4.78 is 14.3. The highest BCUT2D eigenvalue weighted by molar-refractivity contribution is 9.10. The Morgan fingerprint density at radius 2 is 2.14 bits per heavy atom. The highest BCUT2D eigenvalue weighted by Crippen LogP contribution is 2.28. The average Bonchev–Trinajstić information content (AvgIpc) is 2.09. The van der Waals surface area contributed by atoms with E-state index in [0.717, 1.165) is 4.47 Å². The molecule has 0 spiro atoms. The number of rotatable bonds is 3. The van der Waals surface area contributed by atoms with Crippen LogP contribution in [-0.2, 0) is 10.3 Å². The normalized spacial score (nSPS) is 11.8. The molecule has 0 radical (unpaired) electrons. The SMILES string of the molecule is CC(C)(CON)c1cc(Br)ccc1F. The lowest BCUT2D eigenvalue weighted by molar-refractivity contribution is 0.0950. The number of hydrogen-bond donors (Lipinski definition) is 1. The molecule has 0 aliphatic heterocycles. The van der Waals surface area contributed by atoms with E-state index in [1.54, 1.807) is 12.1 Å². The maximum atomic E-state index is 13.5. The van der Waals surface area contributed by atoms with E-state index >= 15 is 0 Å². The minimum Gasteiger partial charge on any atom is -0.304 e. The monoisotopic (exact) mass is 261 g/mol. The second kappa shape index (κ2) is 4.38. The van der Waals surface area contributed by atoms with Gasteiger partial charge in [0.25, 0.3) is 0 Å². The topological polar surface area (TPSA) is 35.2 Å². The van der Waals surface area contributed by atoms with Gasteiger partial charge < -0.3 is 4.84 Å². The summed E-state index contributed by atoms with van der Waals surface area (Å²) in [6.07, 6.45) is 0. The van der Waals surface area contributed by atoms with Gasteiger partial charge in [0.15, 0.2) is 0 Å². The first-order chi connectivity index (χ1) is 6.47. The van der Waals surface area contributed by atoms with Gasteiger partial charge in [-0.15, -0.1) is 0 Å². The standard InChI is InChI=1S/C10H13BrFNO/c1-10(2,6-14-13)8-5-7(11)3-4-9(8)12/h3-5H,6,13H2,1-2H3. The predicted octanol–water partition coefficient (Wildman–Crippen LogP) is 2.76. The Bertz CT molecular complexity index is 328. The minimum atomic E-state index is -0.428. The summed E-state index contributed by atoms with van der Waals surface area (Å²) >= 11 is 3.30. The van der Waals surface area contributed by atoms with E-state index < -0.39 is 5.41 Å². The van der Waals surface area contributed by atoms with Crippen LogP contribution in [0.5, 0.6) is 0 Å². The lowest BCUT2D eigenvalue weighted by atomic mass is 9.85. The first-order valence-corrected chi connectivity index (χ1v) is 5.04. The molecule has 78 valence electrons. The summed E-state index contributed by atoms with van der Waals surface area (Å²) in [6.45, 7) is 4.04. The first-order valence-electron chi connectivity index (χ1n) is 4.24. The molecule has 0 fully saturated rings. The van der Waals surface area contributed by atoms with E-state index in [-0.39, 0.29) is 12.4 Å². The van der Waals surface area contributed by atoms with Crippen LogP contribution in [0.1, 0.15) is 19.4 Å². The van der Waals surface area contributed by atoms with Crippen LogP contribution in [0.3, 0.4) is 0 Å². The zero-order valence-corrected chi connectivity index (χ0v) is 9.77. The molecule has 0 saturated heterocycles. The molecule has 1 rings (SSSR count). The summed E-state index contributed by atoms with van der Waals surface area (Å²) in [5.74, 6) is 4.77. The Morgan fingerprint density at radius 3 is 2.71 bits per heavy atom. The molecule has 4 heteroatoms. The second-order valence-electron chi connectivity index (χ2n) is 3.82. The number of hydrogen-bond acceptors (Lipinski definition) is 2. The van der Waals surface area contributed by atoms with E-state index in [2.05, 4.69) is 20.8 Å². The molecule has 0 aliphatic rings. The number of halogens is 2. The lowest BCUT2D eigenvalue weighted by Crippen LogP contribution is -2.27. The molecule has 0 amide bonds. The summed E-state index contributed by atoms with van der Waals surface area (Å²) in [6, 6.07) is 4.84. The van der Waals surface area contributed by atoms with E-state index in [1.807, 2.05) is 13.8 Å². The van der Waals surface area contributed by atoms with Crippen molar-refractivity contribution in [3.63, 3.8) is 0 Å². The molecule has 1 aromatic carbocycles. The molecule has 14 heavy (non-hydrogen) atoms. The molecule has 0 unspecified atom stereocenters. The Balaban J connectivity index is 3.10. The quantitative estimate of drug-likeness (QED) is 0.850. The Labute approximate surface area is 91.3 Å². The molecule has 2 nitrogen and oxygen atoms in total. The molecule has 0 atom stereocenters. The van der Waals surface area contributed by atoms with Gasteiger partial charge >= 0.3 is 0 Å². The van der Waals surface area contributed by atoms with Crippen molar-refractivity contribution in [1.29, 1.82) is 0 Å². The van der Waals surface area contributed by atoms with Crippen LogP contribution < -0.4 is 5.90 Å². The van der Waals surface area contributed by atoms with Crippen LogP contribution >= 0.6 is 15.9 Å². The molecular weight excluding hydrogens is 249 g/mol. The van der Waals surface area contributed by atoms with E-state index in [4.69, 9.17) is 5.90 Å². The average molecular weight is 262 g/mol. The predicted molar refractivity (Wildman–Crippen MR) is 57.3 cm³/mol. The van der Waals surface area contributed by atoms with Crippen molar-refractivity contribution in [1.82, 2.24) is 0 Å². The molecule has 0 heterocycles. The van der Waals surface area contributed by atoms with Crippen molar-refractivity contribution >= 4 is 15.9 Å². The highest BCUT2D eigenvalue weighted by atomic mass is 79.9. The molecule has 1 aromatic rings. The van der Waals surface area contributed by atoms with Crippen molar-refractivity contribution in [3.8, 4) is 0 Å². The molecule has 0 aliphatic carbocycles. The smallest absolute Gasteiger partial charge is 0.127 e. The minimum absolute atomic E-state index is 0.241. The zero-order valence-electron chi connectivity index (χ0n) is 8.18. The molecule has 0 saturated carbocycles. The van der Waals surface area contributed by atoms with Gasteiger partial charge in [-0.3, -0.25) is 0 Å². The zero-order chi connectivity index (χ0) is 10.8. The molecular formula is C10H13BrFNO. The van der Waals surface area contributed by atoms with Crippen LogP contribution in [-0.4, -0.2) is 6.61 Å². The molecule has 0 bridgehead atoms. The van der Waals surface area contributed by atoms with Gasteiger partial charge in [-0.2, -0.15) is 0 Å². The Kier molecular flexibility index (Phi) is 3.64. The third-order valence-corrected chi connectivity index (χ3v) is 2.59. The fraction of sp³-hybridized carbons (Fsp3) is 0.400. The van der Waals surface area contributed by atoms with Gasteiger partial charge in [-0.05, 0) is 23.8 Å². The van der Waals surface area contributed by atoms with Gasteiger partial charge in [0.05, 0.1) is 6.61 Å². The summed E-state index contributed by atoms with van der Waals surface area (Å²) in [4.78, 5) is 4.57. The largest absolute Gasteiger partial charge is 0.304 e.